The molecule has 0 spiro atoms. The largest absolute Gasteiger partial charge is 0.399 e. The first-order chi connectivity index (χ1) is 25.0. The van der Waals surface area contributed by atoms with Crippen molar-refractivity contribution in [1.82, 2.24) is 0 Å². The number of nitrogens with two attached hydrogens (primary N) is 1. The van der Waals surface area contributed by atoms with Gasteiger partial charge in [-0.1, -0.05) is 170 Å². The molecule has 7 aromatic rings. The minimum Gasteiger partial charge on any atom is -0.399 e. The van der Waals surface area contributed by atoms with Crippen molar-refractivity contribution in [2.75, 3.05) is 5.73 Å². The third-order valence-electron chi connectivity index (χ3n) is 10.0. The molecule has 0 bridgehead atoms. The molecule has 0 atom stereocenters. The van der Waals surface area contributed by atoms with Crippen LogP contribution in [0, 0.1) is 0 Å². The molecular formula is C49H38N2. The molecule has 0 aliphatic heterocycles. The SMILES string of the molecule is C=C(/C=C(\N=C(C)c1ccc(-c2ccc(N)cc2)cc1)c1ccccc1)c1ccc2c(c1)C(c1ccccc1)(c1ccccc1)c1ccccc1-2. The summed E-state index contributed by atoms with van der Waals surface area (Å²) in [5.41, 5.74) is 21.9. The topological polar surface area (TPSA) is 38.4 Å². The lowest BCUT2D eigenvalue weighted by molar-refractivity contribution is 0.768. The Morgan fingerprint density at radius 2 is 1.04 bits per heavy atom. The minimum atomic E-state index is -0.468. The average molecular weight is 655 g/mol. The minimum absolute atomic E-state index is 0.468. The normalized spacial score (nSPS) is 13.4. The van der Waals surface area contributed by atoms with E-state index in [0.29, 0.717) is 0 Å². The monoisotopic (exact) mass is 654 g/mol. The maximum absolute atomic E-state index is 5.91. The molecule has 51 heavy (non-hydrogen) atoms. The molecule has 8 rings (SSSR count). The van der Waals surface area contributed by atoms with Gasteiger partial charge in [-0.25, -0.2) is 0 Å². The number of aliphatic imine (C=N–C) groups is 1. The Bertz CT molecular complexity index is 2360. The summed E-state index contributed by atoms with van der Waals surface area (Å²) < 4.78 is 0. The fourth-order valence-electron chi connectivity index (χ4n) is 7.51. The Hall–Kier alpha value is -6.51. The zero-order valence-electron chi connectivity index (χ0n) is 28.6. The first-order valence-electron chi connectivity index (χ1n) is 17.4. The molecular weight excluding hydrogens is 617 g/mol. The van der Waals surface area contributed by atoms with Gasteiger partial charge in [0, 0.05) is 17.0 Å². The molecule has 0 unspecified atom stereocenters. The predicted molar refractivity (Wildman–Crippen MR) is 216 cm³/mol. The third kappa shape index (κ3) is 5.81. The number of anilines is 1. The molecule has 2 heteroatoms. The van der Waals surface area contributed by atoms with Crippen molar-refractivity contribution in [2.45, 2.75) is 12.3 Å². The van der Waals surface area contributed by atoms with Crippen LogP contribution in [0.25, 0.3) is 33.5 Å². The van der Waals surface area contributed by atoms with Crippen molar-refractivity contribution in [3.05, 3.63) is 234 Å². The summed E-state index contributed by atoms with van der Waals surface area (Å²) in [6.07, 6.45) is 2.12. The summed E-state index contributed by atoms with van der Waals surface area (Å²) >= 11 is 0. The van der Waals surface area contributed by atoms with Crippen molar-refractivity contribution in [1.29, 1.82) is 0 Å². The van der Waals surface area contributed by atoms with Crippen molar-refractivity contribution >= 4 is 22.7 Å². The van der Waals surface area contributed by atoms with E-state index in [-0.39, 0.29) is 0 Å². The molecule has 2 nitrogen and oxygen atoms in total. The highest BCUT2D eigenvalue weighted by Crippen LogP contribution is 2.56. The Morgan fingerprint density at radius 3 is 1.67 bits per heavy atom. The van der Waals surface area contributed by atoms with Gasteiger partial charge in [0.25, 0.3) is 0 Å². The summed E-state index contributed by atoms with van der Waals surface area (Å²) in [4.78, 5) is 5.23. The first kappa shape index (κ1) is 31.7. The number of nitrogen functional groups attached to an aromatic ring is 1. The van der Waals surface area contributed by atoms with E-state index in [1.807, 2.05) is 18.2 Å². The lowest BCUT2D eigenvalue weighted by Gasteiger charge is -2.34. The van der Waals surface area contributed by atoms with E-state index in [4.69, 9.17) is 10.7 Å². The standard InChI is InChI=1S/C49H38N2/c1-34(32-48(39-14-6-3-7-15-39)51-35(2)36-22-24-37(25-23-36)38-26-29-43(50)30-27-38)40-28-31-45-44-20-12-13-21-46(44)49(47(45)33-40,41-16-8-4-9-17-41)42-18-10-5-11-19-42/h3-33H,1,50H2,2H3/b48-32-,51-35?. The van der Waals surface area contributed by atoms with Crippen LogP contribution < -0.4 is 5.73 Å². The molecule has 0 aromatic heterocycles. The number of hydrogen-bond donors (Lipinski definition) is 1. The Kier molecular flexibility index (Phi) is 8.35. The molecule has 0 fully saturated rings. The molecule has 1 aliphatic rings. The lowest BCUT2D eigenvalue weighted by atomic mass is 9.67. The van der Waals surface area contributed by atoms with Crippen LogP contribution in [0.5, 0.6) is 0 Å². The van der Waals surface area contributed by atoms with Crippen molar-refractivity contribution in [3.8, 4) is 22.3 Å². The third-order valence-corrected chi connectivity index (χ3v) is 10.0. The van der Waals surface area contributed by atoms with Gasteiger partial charge in [-0.2, -0.15) is 0 Å². The van der Waals surface area contributed by atoms with E-state index in [9.17, 15) is 0 Å². The van der Waals surface area contributed by atoms with Gasteiger partial charge in [0.1, 0.15) is 0 Å². The van der Waals surface area contributed by atoms with Crippen LogP contribution in [0.4, 0.5) is 5.69 Å². The summed E-state index contributed by atoms with van der Waals surface area (Å²) in [5.74, 6) is 0. The second-order valence-corrected chi connectivity index (χ2v) is 13.1. The van der Waals surface area contributed by atoms with Gasteiger partial charge >= 0.3 is 0 Å². The van der Waals surface area contributed by atoms with Crippen molar-refractivity contribution in [2.24, 2.45) is 4.99 Å². The van der Waals surface area contributed by atoms with Gasteiger partial charge in [-0.3, -0.25) is 4.99 Å². The van der Waals surface area contributed by atoms with Crippen LogP contribution in [-0.2, 0) is 5.41 Å². The smallest absolute Gasteiger partial charge is 0.0713 e. The van der Waals surface area contributed by atoms with Crippen LogP contribution in [0.15, 0.2) is 200 Å². The number of hydrogen-bond acceptors (Lipinski definition) is 2. The number of fused-ring (bicyclic) bond motifs is 3. The molecule has 0 heterocycles. The fourth-order valence-corrected chi connectivity index (χ4v) is 7.51. The van der Waals surface area contributed by atoms with Gasteiger partial charge in [0.15, 0.2) is 0 Å². The second kappa shape index (κ2) is 13.4. The van der Waals surface area contributed by atoms with Gasteiger partial charge in [0.2, 0.25) is 0 Å². The number of rotatable bonds is 8. The van der Waals surface area contributed by atoms with E-state index < -0.39 is 5.41 Å². The summed E-state index contributed by atoms with van der Waals surface area (Å²) in [6, 6.07) is 64.3. The van der Waals surface area contributed by atoms with E-state index >= 15 is 0 Å². The van der Waals surface area contributed by atoms with Gasteiger partial charge in [-0.05, 0) is 92.4 Å². The fraction of sp³-hybridized carbons (Fsp3) is 0.0408. The molecule has 7 aromatic carbocycles. The highest BCUT2D eigenvalue weighted by atomic mass is 14.8. The van der Waals surface area contributed by atoms with Crippen molar-refractivity contribution in [3.63, 3.8) is 0 Å². The van der Waals surface area contributed by atoms with E-state index in [2.05, 4.69) is 183 Å². The first-order valence-corrected chi connectivity index (χ1v) is 17.4. The van der Waals surface area contributed by atoms with Crippen LogP contribution in [0.1, 0.15) is 45.9 Å². The Balaban J connectivity index is 1.22. The number of nitrogens with zero attached hydrogens (tertiary/aromatic N) is 1. The molecule has 0 saturated carbocycles. The summed E-state index contributed by atoms with van der Waals surface area (Å²) in [5, 5.41) is 0. The Morgan fingerprint density at radius 1 is 0.529 bits per heavy atom. The molecule has 1 aliphatic carbocycles. The molecule has 0 radical (unpaired) electrons. The zero-order chi connectivity index (χ0) is 34.8. The zero-order valence-corrected chi connectivity index (χ0v) is 28.6. The maximum atomic E-state index is 5.91. The van der Waals surface area contributed by atoms with Crippen LogP contribution in [0.3, 0.4) is 0 Å². The highest BCUT2D eigenvalue weighted by molar-refractivity contribution is 6.03. The number of benzene rings is 7. The predicted octanol–water partition coefficient (Wildman–Crippen LogP) is 11.9. The van der Waals surface area contributed by atoms with Crippen LogP contribution >= 0.6 is 0 Å². The molecule has 2 N–H and O–H groups in total. The maximum Gasteiger partial charge on any atom is 0.0713 e. The van der Waals surface area contributed by atoms with Crippen molar-refractivity contribution < 1.29 is 0 Å². The van der Waals surface area contributed by atoms with E-state index in [0.717, 1.165) is 50.5 Å². The second-order valence-electron chi connectivity index (χ2n) is 13.1. The lowest BCUT2D eigenvalue weighted by Crippen LogP contribution is -2.28. The van der Waals surface area contributed by atoms with Crippen LogP contribution in [-0.4, -0.2) is 5.71 Å². The van der Waals surface area contributed by atoms with Gasteiger partial charge in [0.05, 0.1) is 11.1 Å². The molecule has 244 valence electrons. The van der Waals surface area contributed by atoms with Gasteiger partial charge < -0.3 is 5.73 Å². The van der Waals surface area contributed by atoms with E-state index in [1.165, 1.54) is 33.4 Å². The van der Waals surface area contributed by atoms with E-state index in [1.54, 1.807) is 0 Å². The summed E-state index contributed by atoms with van der Waals surface area (Å²) in [6.45, 7) is 6.70. The molecule has 0 amide bonds. The Labute approximate surface area is 300 Å². The highest BCUT2D eigenvalue weighted by Gasteiger charge is 2.46. The summed E-state index contributed by atoms with van der Waals surface area (Å²) in [7, 11) is 0. The average Bonchev–Trinajstić information content (AvgIpc) is 3.49. The van der Waals surface area contributed by atoms with Gasteiger partial charge in [-0.15, -0.1) is 0 Å². The molecule has 0 saturated heterocycles. The number of allylic oxidation sites excluding steroid dienone is 2. The quantitative estimate of drug-likeness (QED) is 0.0988. The van der Waals surface area contributed by atoms with Crippen LogP contribution in [0.2, 0.25) is 0 Å².